The lowest BCUT2D eigenvalue weighted by Crippen LogP contribution is -2.19. The number of nitrogens with zero attached hydrogens (tertiary/aromatic N) is 1. The van der Waals surface area contributed by atoms with Crippen molar-refractivity contribution >= 4 is 28.8 Å². The number of allylic oxidation sites excluding steroid dienone is 1. The van der Waals surface area contributed by atoms with E-state index in [0.29, 0.717) is 11.4 Å². The molecular weight excluding hydrogens is 403 g/mol. The maximum atomic E-state index is 12.9. The van der Waals surface area contributed by atoms with Crippen LogP contribution in [0.5, 0.6) is 5.75 Å². The Morgan fingerprint density at radius 2 is 1.89 bits per heavy atom. The number of hydrogen-bond acceptors (Lipinski definition) is 4. The minimum atomic E-state index is -4.34. The van der Waals surface area contributed by atoms with Gasteiger partial charge in [0.05, 0.1) is 22.0 Å². The van der Waals surface area contributed by atoms with Crippen molar-refractivity contribution < 1.29 is 18.3 Å². The number of hydrogen-bond donors (Lipinski definition) is 1. The first-order valence-electron chi connectivity index (χ1n) is 8.58. The molecule has 0 spiro atoms. The summed E-state index contributed by atoms with van der Waals surface area (Å²) in [6.07, 6.45) is 0.448. The average Bonchev–Trinajstić information content (AvgIpc) is 3.08. The number of fused-ring (bicyclic) bond motifs is 1. The number of benzene rings is 2. The molecule has 28 heavy (non-hydrogen) atoms. The van der Waals surface area contributed by atoms with Crippen molar-refractivity contribution in [1.82, 2.24) is 0 Å². The molecule has 1 aliphatic heterocycles. The van der Waals surface area contributed by atoms with Gasteiger partial charge in [-0.3, -0.25) is 0 Å². The topological polar surface area (TPSA) is 23.5 Å². The van der Waals surface area contributed by atoms with E-state index >= 15 is 0 Å². The smallest absolute Gasteiger partial charge is 0.416 e. The summed E-state index contributed by atoms with van der Waals surface area (Å²) < 4.78 is 39.6. The van der Waals surface area contributed by atoms with Gasteiger partial charge in [0.2, 0.25) is 0 Å². The zero-order valence-corrected chi connectivity index (χ0v) is 16.2. The Balaban J connectivity index is 1.50. The van der Waals surface area contributed by atoms with Gasteiger partial charge >= 0.3 is 6.18 Å². The largest absolute Gasteiger partial charge is 0.506 e. The Morgan fingerprint density at radius 1 is 1.07 bits per heavy atom. The van der Waals surface area contributed by atoms with Crippen LogP contribution in [0.1, 0.15) is 16.0 Å². The van der Waals surface area contributed by atoms with Crippen LogP contribution in [0.25, 0.3) is 0 Å². The highest BCUT2D eigenvalue weighted by atomic mass is 32.2. The summed E-state index contributed by atoms with van der Waals surface area (Å²) in [5.74, 6) is 0.247. The molecule has 3 aromatic rings. The summed E-state index contributed by atoms with van der Waals surface area (Å²) in [7, 11) is 0. The van der Waals surface area contributed by atoms with Crippen LogP contribution in [-0.2, 0) is 19.1 Å². The Morgan fingerprint density at radius 3 is 2.71 bits per heavy atom. The molecule has 0 bridgehead atoms. The minimum absolute atomic E-state index is 0.247. The molecule has 0 saturated heterocycles. The molecule has 2 nitrogen and oxygen atoms in total. The highest BCUT2D eigenvalue weighted by Crippen LogP contribution is 2.39. The number of alkyl halides is 3. The van der Waals surface area contributed by atoms with E-state index in [1.54, 1.807) is 12.1 Å². The van der Waals surface area contributed by atoms with Crippen molar-refractivity contribution in [2.45, 2.75) is 28.2 Å². The molecule has 144 valence electrons. The third-order valence-corrected chi connectivity index (χ3v) is 6.54. The molecule has 1 aliphatic rings. The van der Waals surface area contributed by atoms with Gasteiger partial charge in [0.1, 0.15) is 5.75 Å². The molecule has 0 saturated carbocycles. The molecule has 1 N–H and O–H groups in total. The Bertz CT molecular complexity index is 1030. The second-order valence-electron chi connectivity index (χ2n) is 6.35. The molecule has 0 fully saturated rings. The Kier molecular flexibility index (Phi) is 5.12. The van der Waals surface area contributed by atoms with Crippen LogP contribution in [0.2, 0.25) is 0 Å². The first-order chi connectivity index (χ1) is 13.4. The molecule has 0 unspecified atom stereocenters. The second-order valence-corrected chi connectivity index (χ2v) is 8.89. The van der Waals surface area contributed by atoms with Crippen LogP contribution >= 0.6 is 23.1 Å². The van der Waals surface area contributed by atoms with Crippen molar-refractivity contribution in [3.05, 3.63) is 82.9 Å². The van der Waals surface area contributed by atoms with Crippen molar-refractivity contribution in [1.29, 1.82) is 0 Å². The predicted octanol–water partition coefficient (Wildman–Crippen LogP) is 6.70. The average molecular weight is 419 g/mol. The number of anilines is 1. The van der Waals surface area contributed by atoms with Gasteiger partial charge in [0.15, 0.2) is 0 Å². The Labute approximate surface area is 168 Å². The standard InChI is InChI=1S/C21H16F3NOS2/c22-21(23,24)15-6-2-7-16(12-15)27-19-10-9-17(28-19)13-25-11-3-5-14-4-1-8-18(26)20(14)25/h1-4,6-12,26H,5,13H2. The van der Waals surface area contributed by atoms with Crippen molar-refractivity contribution in [3.63, 3.8) is 0 Å². The van der Waals surface area contributed by atoms with Gasteiger partial charge in [-0.2, -0.15) is 13.2 Å². The number of rotatable bonds is 4. The van der Waals surface area contributed by atoms with E-state index in [1.165, 1.54) is 35.2 Å². The first-order valence-corrected chi connectivity index (χ1v) is 10.2. The van der Waals surface area contributed by atoms with E-state index in [0.717, 1.165) is 32.8 Å². The highest BCUT2D eigenvalue weighted by Gasteiger charge is 2.30. The summed E-state index contributed by atoms with van der Waals surface area (Å²) in [5, 5.41) is 10.2. The second kappa shape index (κ2) is 7.56. The van der Waals surface area contributed by atoms with Gasteiger partial charge in [-0.1, -0.05) is 36.0 Å². The van der Waals surface area contributed by atoms with E-state index in [1.807, 2.05) is 41.4 Å². The molecule has 7 heteroatoms. The number of aromatic hydroxyl groups is 1. The molecule has 2 aromatic carbocycles. The zero-order chi connectivity index (χ0) is 19.7. The van der Waals surface area contributed by atoms with Crippen LogP contribution < -0.4 is 4.90 Å². The van der Waals surface area contributed by atoms with E-state index in [2.05, 4.69) is 0 Å². The molecular formula is C21H16F3NOS2. The van der Waals surface area contributed by atoms with Gasteiger partial charge in [-0.05, 0) is 48.4 Å². The van der Waals surface area contributed by atoms with Crippen LogP contribution in [-0.4, -0.2) is 5.11 Å². The molecule has 0 aliphatic carbocycles. The fourth-order valence-corrected chi connectivity index (χ4v) is 5.32. The lowest BCUT2D eigenvalue weighted by Gasteiger charge is -2.26. The monoisotopic (exact) mass is 419 g/mol. The molecule has 2 heterocycles. The number of halogens is 3. The van der Waals surface area contributed by atoms with Crippen molar-refractivity contribution in [3.8, 4) is 5.75 Å². The normalized spacial score (nSPS) is 13.6. The van der Waals surface area contributed by atoms with Gasteiger partial charge in [-0.15, -0.1) is 11.3 Å². The third kappa shape index (κ3) is 4.05. The van der Waals surface area contributed by atoms with E-state index < -0.39 is 11.7 Å². The molecule has 4 rings (SSSR count). The molecule has 1 aromatic heterocycles. The number of para-hydroxylation sites is 1. The Hall–Kier alpha value is -2.38. The summed E-state index contributed by atoms with van der Waals surface area (Å²) in [4.78, 5) is 3.62. The number of thiophene rings is 1. The van der Waals surface area contributed by atoms with Crippen LogP contribution in [0, 0.1) is 0 Å². The number of phenols is 1. The highest BCUT2D eigenvalue weighted by molar-refractivity contribution is 8.01. The number of phenolic OH excluding ortho intramolecular Hbond substituents is 1. The SMILES string of the molecule is Oc1cccc2c1N(Cc1ccc(Sc3cccc(C(F)(F)F)c3)s1)C=CC2. The maximum absolute atomic E-state index is 12.9. The van der Waals surface area contributed by atoms with Gasteiger partial charge in [0.25, 0.3) is 0 Å². The maximum Gasteiger partial charge on any atom is 0.416 e. The molecule has 0 amide bonds. The minimum Gasteiger partial charge on any atom is -0.506 e. The van der Waals surface area contributed by atoms with Crippen molar-refractivity contribution in [2.24, 2.45) is 0 Å². The van der Waals surface area contributed by atoms with Crippen LogP contribution in [0.3, 0.4) is 0 Å². The van der Waals surface area contributed by atoms with E-state index in [-0.39, 0.29) is 5.75 Å². The summed E-state index contributed by atoms with van der Waals surface area (Å²) in [5.41, 5.74) is 1.24. The first kappa shape index (κ1) is 19.0. The van der Waals surface area contributed by atoms with E-state index in [4.69, 9.17) is 0 Å². The van der Waals surface area contributed by atoms with Gasteiger partial charge in [-0.25, -0.2) is 0 Å². The summed E-state index contributed by atoms with van der Waals surface area (Å²) >= 11 is 2.86. The fraction of sp³-hybridized carbons (Fsp3) is 0.143. The quantitative estimate of drug-likeness (QED) is 0.509. The van der Waals surface area contributed by atoms with Crippen molar-refractivity contribution in [2.75, 3.05) is 4.90 Å². The zero-order valence-electron chi connectivity index (χ0n) is 14.6. The third-order valence-electron chi connectivity index (χ3n) is 4.35. The lowest BCUT2D eigenvalue weighted by atomic mass is 10.0. The lowest BCUT2D eigenvalue weighted by molar-refractivity contribution is -0.137. The molecule has 0 radical (unpaired) electrons. The van der Waals surface area contributed by atoms with Crippen LogP contribution in [0.4, 0.5) is 18.9 Å². The molecule has 0 atom stereocenters. The van der Waals surface area contributed by atoms with Crippen LogP contribution in [0.15, 0.2) is 76.0 Å². The van der Waals surface area contributed by atoms with E-state index in [9.17, 15) is 18.3 Å². The summed E-state index contributed by atoms with van der Waals surface area (Å²) in [6, 6.07) is 14.8. The summed E-state index contributed by atoms with van der Waals surface area (Å²) in [6.45, 7) is 0.592. The predicted molar refractivity (Wildman–Crippen MR) is 107 cm³/mol. The van der Waals surface area contributed by atoms with Gasteiger partial charge < -0.3 is 10.0 Å². The fourth-order valence-electron chi connectivity index (χ4n) is 3.11. The van der Waals surface area contributed by atoms with Gasteiger partial charge in [0, 0.05) is 16.0 Å².